The quantitative estimate of drug-likeness (QED) is 0.593. The van der Waals surface area contributed by atoms with Crippen molar-refractivity contribution in [1.82, 2.24) is 4.90 Å². The third kappa shape index (κ3) is 10.9. The van der Waals surface area contributed by atoms with Crippen molar-refractivity contribution in [3.8, 4) is 0 Å². The van der Waals surface area contributed by atoms with Crippen molar-refractivity contribution in [1.29, 1.82) is 0 Å². The van der Waals surface area contributed by atoms with Crippen LogP contribution in [-0.2, 0) is 0 Å². The molecule has 0 spiro atoms. The molecule has 0 heterocycles. The minimum absolute atomic E-state index is 0. The number of hydrogen-bond donors (Lipinski definition) is 0. The Balaban J connectivity index is -0.000000245. The van der Waals surface area contributed by atoms with Gasteiger partial charge in [-0.05, 0) is 20.0 Å². The van der Waals surface area contributed by atoms with Crippen molar-refractivity contribution < 1.29 is 0 Å². The topological polar surface area (TPSA) is 3.24 Å². The SMILES string of the molecule is C.C.CCC(C)CN(C)C. The molecular weight excluding hydrogens is 122 g/mol. The van der Waals surface area contributed by atoms with Crippen LogP contribution in [0.2, 0.25) is 0 Å². The minimum Gasteiger partial charge on any atom is -0.309 e. The molecule has 0 N–H and O–H groups in total. The second-order valence-corrected chi connectivity index (χ2v) is 2.78. The zero-order valence-corrected chi connectivity index (χ0v) is 6.44. The average molecular weight is 147 g/mol. The summed E-state index contributed by atoms with van der Waals surface area (Å²) >= 11 is 0. The first kappa shape index (κ1) is 16.5. The van der Waals surface area contributed by atoms with E-state index in [-0.39, 0.29) is 14.9 Å². The zero-order chi connectivity index (χ0) is 6.57. The fourth-order valence-corrected chi connectivity index (χ4v) is 0.752. The van der Waals surface area contributed by atoms with Crippen LogP contribution >= 0.6 is 0 Å². The normalized spacial score (nSPS) is 11.7. The molecule has 0 aliphatic rings. The monoisotopic (exact) mass is 147 g/mol. The summed E-state index contributed by atoms with van der Waals surface area (Å²) in [5, 5.41) is 0. The molecule has 0 aliphatic heterocycles. The summed E-state index contributed by atoms with van der Waals surface area (Å²) in [5.74, 6) is 0.852. The van der Waals surface area contributed by atoms with Gasteiger partial charge in [-0.15, -0.1) is 0 Å². The van der Waals surface area contributed by atoms with Crippen molar-refractivity contribution in [3.05, 3.63) is 0 Å². The molecule has 66 valence electrons. The Hall–Kier alpha value is -0.0400. The first-order valence-corrected chi connectivity index (χ1v) is 3.31. The van der Waals surface area contributed by atoms with Crippen LogP contribution in [0.15, 0.2) is 0 Å². The molecule has 1 nitrogen and oxygen atoms in total. The van der Waals surface area contributed by atoms with Crippen LogP contribution in [0.3, 0.4) is 0 Å². The van der Waals surface area contributed by atoms with Crippen molar-refractivity contribution in [2.24, 2.45) is 5.92 Å². The van der Waals surface area contributed by atoms with Crippen LogP contribution in [0.1, 0.15) is 35.1 Å². The second kappa shape index (κ2) is 8.96. The van der Waals surface area contributed by atoms with Gasteiger partial charge in [-0.3, -0.25) is 0 Å². The molecule has 1 unspecified atom stereocenters. The lowest BCUT2D eigenvalue weighted by Gasteiger charge is -2.13. The third-order valence-corrected chi connectivity index (χ3v) is 1.37. The van der Waals surface area contributed by atoms with E-state index in [1.54, 1.807) is 0 Å². The molecule has 0 rings (SSSR count). The van der Waals surface area contributed by atoms with E-state index < -0.39 is 0 Å². The first-order chi connectivity index (χ1) is 3.66. The highest BCUT2D eigenvalue weighted by molar-refractivity contribution is 4.51. The van der Waals surface area contributed by atoms with Gasteiger partial charge in [0.2, 0.25) is 0 Å². The van der Waals surface area contributed by atoms with Gasteiger partial charge in [0.25, 0.3) is 0 Å². The standard InChI is InChI=1S/C7H17N.2CH4/c1-5-7(2)6-8(3)4;;/h7H,5-6H2,1-4H3;2*1H4. The Bertz CT molecular complexity index is 50.7. The lowest BCUT2D eigenvalue weighted by molar-refractivity contribution is 0.334. The van der Waals surface area contributed by atoms with Crippen LogP contribution in [0.25, 0.3) is 0 Å². The van der Waals surface area contributed by atoms with Crippen LogP contribution < -0.4 is 0 Å². The highest BCUT2D eigenvalue weighted by Crippen LogP contribution is 1.99. The van der Waals surface area contributed by atoms with Gasteiger partial charge in [0.15, 0.2) is 0 Å². The highest BCUT2D eigenvalue weighted by Gasteiger charge is 1.97. The minimum atomic E-state index is 0. The Morgan fingerprint density at radius 2 is 1.60 bits per heavy atom. The number of rotatable bonds is 3. The molecule has 0 bridgehead atoms. The predicted octanol–water partition coefficient (Wildman–Crippen LogP) is 2.87. The molecule has 0 aromatic carbocycles. The van der Waals surface area contributed by atoms with Crippen LogP contribution in [0.5, 0.6) is 0 Å². The summed E-state index contributed by atoms with van der Waals surface area (Å²) in [5.41, 5.74) is 0. The predicted molar refractivity (Wildman–Crippen MR) is 51.5 cm³/mol. The molecule has 0 saturated carbocycles. The Kier molecular flexibility index (Phi) is 14.8. The molecule has 0 aromatic heterocycles. The van der Waals surface area contributed by atoms with Gasteiger partial charge < -0.3 is 4.90 Å². The Labute approximate surface area is 67.4 Å². The summed E-state index contributed by atoms with van der Waals surface area (Å²) in [6.45, 7) is 5.73. The van der Waals surface area contributed by atoms with E-state index in [1.165, 1.54) is 13.0 Å². The molecule has 1 heteroatoms. The molecular formula is C9H25N. The molecule has 0 radical (unpaired) electrons. The van der Waals surface area contributed by atoms with Crippen LogP contribution in [0, 0.1) is 5.92 Å². The van der Waals surface area contributed by atoms with Gasteiger partial charge in [0.05, 0.1) is 0 Å². The lowest BCUT2D eigenvalue weighted by atomic mass is 10.1. The lowest BCUT2D eigenvalue weighted by Crippen LogP contribution is -2.18. The Morgan fingerprint density at radius 1 is 1.20 bits per heavy atom. The van der Waals surface area contributed by atoms with E-state index in [0.717, 1.165) is 5.92 Å². The van der Waals surface area contributed by atoms with Gasteiger partial charge in [0, 0.05) is 6.54 Å². The van der Waals surface area contributed by atoms with E-state index in [0.29, 0.717) is 0 Å². The van der Waals surface area contributed by atoms with E-state index >= 15 is 0 Å². The molecule has 0 aromatic rings. The molecule has 0 aliphatic carbocycles. The third-order valence-electron chi connectivity index (χ3n) is 1.37. The van der Waals surface area contributed by atoms with Gasteiger partial charge in [0.1, 0.15) is 0 Å². The molecule has 0 amide bonds. The van der Waals surface area contributed by atoms with Gasteiger partial charge in [-0.1, -0.05) is 35.1 Å². The molecule has 0 fully saturated rings. The van der Waals surface area contributed by atoms with Crippen molar-refractivity contribution in [2.75, 3.05) is 20.6 Å². The Morgan fingerprint density at radius 3 is 1.70 bits per heavy atom. The summed E-state index contributed by atoms with van der Waals surface area (Å²) in [6, 6.07) is 0. The van der Waals surface area contributed by atoms with Crippen molar-refractivity contribution in [3.63, 3.8) is 0 Å². The molecule has 1 atom stereocenters. The first-order valence-electron chi connectivity index (χ1n) is 3.31. The van der Waals surface area contributed by atoms with Gasteiger partial charge in [-0.25, -0.2) is 0 Å². The molecule has 0 saturated heterocycles. The van der Waals surface area contributed by atoms with E-state index in [1.807, 2.05) is 0 Å². The summed E-state index contributed by atoms with van der Waals surface area (Å²) in [7, 11) is 4.23. The maximum atomic E-state index is 2.28. The van der Waals surface area contributed by atoms with Crippen LogP contribution in [0.4, 0.5) is 0 Å². The largest absolute Gasteiger partial charge is 0.309 e. The maximum Gasteiger partial charge on any atom is 0.0000818 e. The summed E-state index contributed by atoms with van der Waals surface area (Å²) < 4.78 is 0. The van der Waals surface area contributed by atoms with E-state index in [2.05, 4.69) is 32.8 Å². The second-order valence-electron chi connectivity index (χ2n) is 2.78. The summed E-state index contributed by atoms with van der Waals surface area (Å²) in [6.07, 6.45) is 1.29. The smallest absolute Gasteiger partial charge is 0.0000818 e. The summed E-state index contributed by atoms with van der Waals surface area (Å²) in [4.78, 5) is 2.23. The van der Waals surface area contributed by atoms with Gasteiger partial charge >= 0.3 is 0 Å². The van der Waals surface area contributed by atoms with E-state index in [9.17, 15) is 0 Å². The molecule has 10 heavy (non-hydrogen) atoms. The highest BCUT2D eigenvalue weighted by atomic mass is 15.0. The van der Waals surface area contributed by atoms with Gasteiger partial charge in [-0.2, -0.15) is 0 Å². The zero-order valence-electron chi connectivity index (χ0n) is 6.44. The van der Waals surface area contributed by atoms with Crippen LogP contribution in [-0.4, -0.2) is 25.5 Å². The number of hydrogen-bond acceptors (Lipinski definition) is 1. The van der Waals surface area contributed by atoms with E-state index in [4.69, 9.17) is 0 Å². The fraction of sp³-hybridized carbons (Fsp3) is 1.00. The van der Waals surface area contributed by atoms with Crippen molar-refractivity contribution in [2.45, 2.75) is 35.1 Å². The fourth-order valence-electron chi connectivity index (χ4n) is 0.752. The number of nitrogens with zero attached hydrogens (tertiary/aromatic N) is 1. The van der Waals surface area contributed by atoms with Crippen molar-refractivity contribution >= 4 is 0 Å². The average Bonchev–Trinajstić information content (AvgIpc) is 1.65. The maximum absolute atomic E-state index is 2.28.